The summed E-state index contributed by atoms with van der Waals surface area (Å²) in [6, 6.07) is 4.27. The minimum absolute atomic E-state index is 0.00790. The molecule has 1 aromatic carbocycles. The van der Waals surface area contributed by atoms with Gasteiger partial charge in [0.2, 0.25) is 15.0 Å². The normalized spacial score (nSPS) is 12.4. The van der Waals surface area contributed by atoms with Crippen molar-refractivity contribution in [3.8, 4) is 0 Å². The van der Waals surface area contributed by atoms with E-state index in [0.717, 1.165) is 0 Å². The van der Waals surface area contributed by atoms with Gasteiger partial charge in [0.25, 0.3) is 0 Å². The van der Waals surface area contributed by atoms with E-state index in [1.807, 2.05) is 0 Å². The predicted molar refractivity (Wildman–Crippen MR) is 88.9 cm³/mol. The van der Waals surface area contributed by atoms with E-state index in [4.69, 9.17) is 4.42 Å². The standard InChI is InChI=1S/C13H12N6O4S2/c1-7-15-16-12-19(7)17-11(24-12)6-14-25(21,22)8-3-4-9-10(5-8)23-13(20)18(9)2/h3-5,14H,6H2,1-2H3. The third-order valence-corrected chi connectivity index (χ3v) is 5.97. The number of rotatable bonds is 4. The number of sulfonamides is 1. The van der Waals surface area contributed by atoms with Crippen LogP contribution in [-0.4, -0.2) is 32.8 Å². The fourth-order valence-electron chi connectivity index (χ4n) is 2.35. The van der Waals surface area contributed by atoms with E-state index in [1.165, 1.54) is 34.1 Å². The van der Waals surface area contributed by atoms with Gasteiger partial charge in [0.05, 0.1) is 17.0 Å². The Balaban J connectivity index is 1.61. The van der Waals surface area contributed by atoms with Gasteiger partial charge in [-0.2, -0.15) is 9.61 Å². The van der Waals surface area contributed by atoms with Gasteiger partial charge in [0.15, 0.2) is 11.4 Å². The van der Waals surface area contributed by atoms with Crippen LogP contribution in [0.25, 0.3) is 16.1 Å². The molecule has 0 aliphatic heterocycles. The van der Waals surface area contributed by atoms with E-state index in [2.05, 4.69) is 20.0 Å². The Labute approximate surface area is 144 Å². The van der Waals surface area contributed by atoms with Crippen LogP contribution in [0.2, 0.25) is 0 Å². The van der Waals surface area contributed by atoms with Gasteiger partial charge in [-0.1, -0.05) is 11.3 Å². The van der Waals surface area contributed by atoms with E-state index >= 15 is 0 Å². The first kappa shape index (κ1) is 15.9. The van der Waals surface area contributed by atoms with Crippen LogP contribution < -0.4 is 10.5 Å². The molecule has 0 fully saturated rings. The molecule has 0 atom stereocenters. The number of hydrogen-bond donors (Lipinski definition) is 1. The fraction of sp³-hybridized carbons (Fsp3) is 0.231. The molecule has 0 aliphatic rings. The van der Waals surface area contributed by atoms with Gasteiger partial charge in [-0.15, -0.1) is 10.2 Å². The monoisotopic (exact) mass is 380 g/mol. The molecule has 0 aliphatic carbocycles. The number of nitrogens with one attached hydrogen (secondary N) is 1. The van der Waals surface area contributed by atoms with Crippen LogP contribution in [0.4, 0.5) is 0 Å². The molecule has 0 radical (unpaired) electrons. The molecular weight excluding hydrogens is 368 g/mol. The van der Waals surface area contributed by atoms with Crippen molar-refractivity contribution in [3.63, 3.8) is 0 Å². The lowest BCUT2D eigenvalue weighted by molar-refractivity contribution is 0.527. The molecule has 3 aromatic heterocycles. The molecule has 0 amide bonds. The molecule has 3 heterocycles. The summed E-state index contributed by atoms with van der Waals surface area (Å²) >= 11 is 1.25. The topological polar surface area (TPSA) is 124 Å². The molecule has 0 unspecified atom stereocenters. The first-order valence-electron chi connectivity index (χ1n) is 7.12. The molecule has 4 rings (SSSR count). The van der Waals surface area contributed by atoms with Crippen LogP contribution in [-0.2, 0) is 23.6 Å². The van der Waals surface area contributed by atoms with Gasteiger partial charge < -0.3 is 4.42 Å². The van der Waals surface area contributed by atoms with E-state index in [-0.39, 0.29) is 17.0 Å². The zero-order chi connectivity index (χ0) is 17.8. The van der Waals surface area contributed by atoms with Gasteiger partial charge in [0, 0.05) is 13.1 Å². The number of aromatic nitrogens is 5. The van der Waals surface area contributed by atoms with Crippen molar-refractivity contribution in [2.24, 2.45) is 7.05 Å². The average Bonchev–Trinajstić information content (AvgIpc) is 3.22. The first-order valence-corrected chi connectivity index (χ1v) is 9.42. The van der Waals surface area contributed by atoms with Crippen LogP contribution in [0, 0.1) is 6.92 Å². The molecule has 12 heteroatoms. The summed E-state index contributed by atoms with van der Waals surface area (Å²) in [7, 11) is -2.23. The second kappa shape index (κ2) is 5.47. The minimum Gasteiger partial charge on any atom is -0.408 e. The van der Waals surface area contributed by atoms with Crippen LogP contribution >= 0.6 is 11.3 Å². The van der Waals surface area contributed by atoms with Gasteiger partial charge >= 0.3 is 5.76 Å². The number of aryl methyl sites for hydroxylation is 2. The van der Waals surface area contributed by atoms with Crippen molar-refractivity contribution in [2.75, 3.05) is 0 Å². The lowest BCUT2D eigenvalue weighted by Crippen LogP contribution is -2.23. The molecule has 25 heavy (non-hydrogen) atoms. The summed E-state index contributed by atoms with van der Waals surface area (Å²) in [4.78, 5) is 12.1. The van der Waals surface area contributed by atoms with Crippen molar-refractivity contribution >= 4 is 37.4 Å². The van der Waals surface area contributed by atoms with Gasteiger partial charge in [0.1, 0.15) is 5.01 Å². The summed E-state index contributed by atoms with van der Waals surface area (Å²) in [6.07, 6.45) is 0. The SMILES string of the molecule is Cc1nnc2sc(CNS(=O)(=O)c3ccc4c(c3)oc(=O)n4C)nn12. The summed E-state index contributed by atoms with van der Waals surface area (Å²) in [5.41, 5.74) is 0.734. The molecule has 0 spiro atoms. The molecule has 0 saturated heterocycles. The maximum Gasteiger partial charge on any atom is 0.419 e. The number of nitrogens with zero attached hydrogens (tertiary/aromatic N) is 5. The smallest absolute Gasteiger partial charge is 0.408 e. The van der Waals surface area contributed by atoms with E-state index in [9.17, 15) is 13.2 Å². The van der Waals surface area contributed by atoms with Crippen LogP contribution in [0.3, 0.4) is 0 Å². The zero-order valence-electron chi connectivity index (χ0n) is 13.1. The van der Waals surface area contributed by atoms with Crippen molar-refractivity contribution in [1.29, 1.82) is 0 Å². The number of oxazole rings is 1. The summed E-state index contributed by atoms with van der Waals surface area (Å²) in [5, 5.41) is 12.6. The number of fused-ring (bicyclic) bond motifs is 2. The van der Waals surface area contributed by atoms with E-state index in [1.54, 1.807) is 18.5 Å². The third-order valence-electron chi connectivity index (χ3n) is 3.68. The van der Waals surface area contributed by atoms with Gasteiger partial charge in [-0.3, -0.25) is 4.57 Å². The maximum absolute atomic E-state index is 12.5. The maximum atomic E-state index is 12.5. The Morgan fingerprint density at radius 2 is 2.12 bits per heavy atom. The van der Waals surface area contributed by atoms with Crippen molar-refractivity contribution in [2.45, 2.75) is 18.4 Å². The summed E-state index contributed by atoms with van der Waals surface area (Å²) in [5.74, 6) is 0.0810. The Hall–Kier alpha value is -2.57. The third kappa shape index (κ3) is 2.63. The lowest BCUT2D eigenvalue weighted by atomic mass is 10.3. The highest BCUT2D eigenvalue weighted by atomic mass is 32.2. The number of benzene rings is 1. The molecular formula is C13H12N6O4S2. The highest BCUT2D eigenvalue weighted by molar-refractivity contribution is 7.89. The Morgan fingerprint density at radius 1 is 1.32 bits per heavy atom. The zero-order valence-corrected chi connectivity index (χ0v) is 14.8. The molecule has 0 saturated carbocycles. The van der Waals surface area contributed by atoms with Gasteiger partial charge in [-0.05, 0) is 19.1 Å². The average molecular weight is 380 g/mol. The Kier molecular flexibility index (Phi) is 3.49. The second-order valence-electron chi connectivity index (χ2n) is 5.32. The number of hydrogen-bond acceptors (Lipinski definition) is 8. The molecule has 130 valence electrons. The summed E-state index contributed by atoms with van der Waals surface area (Å²) in [6.45, 7) is 1.78. The van der Waals surface area contributed by atoms with Crippen molar-refractivity contribution in [3.05, 3.63) is 39.6 Å². The van der Waals surface area contributed by atoms with Gasteiger partial charge in [-0.25, -0.2) is 17.9 Å². The van der Waals surface area contributed by atoms with Crippen LogP contribution in [0.1, 0.15) is 10.8 Å². The molecule has 1 N–H and O–H groups in total. The highest BCUT2D eigenvalue weighted by Crippen LogP contribution is 2.19. The molecule has 0 bridgehead atoms. The largest absolute Gasteiger partial charge is 0.419 e. The first-order chi connectivity index (χ1) is 11.8. The fourth-order valence-corrected chi connectivity index (χ4v) is 4.26. The lowest BCUT2D eigenvalue weighted by Gasteiger charge is -2.04. The second-order valence-corrected chi connectivity index (χ2v) is 8.13. The summed E-state index contributed by atoms with van der Waals surface area (Å²) < 4.78 is 35.3. The molecule has 4 aromatic rings. The predicted octanol–water partition coefficient (Wildman–Crippen LogP) is 0.418. The minimum atomic E-state index is -3.78. The Bertz CT molecular complexity index is 1260. The van der Waals surface area contributed by atoms with E-state index in [0.29, 0.717) is 21.3 Å². The molecule has 10 nitrogen and oxygen atoms in total. The van der Waals surface area contributed by atoms with Crippen LogP contribution in [0.5, 0.6) is 0 Å². The van der Waals surface area contributed by atoms with Crippen molar-refractivity contribution < 1.29 is 12.8 Å². The Morgan fingerprint density at radius 3 is 2.88 bits per heavy atom. The van der Waals surface area contributed by atoms with Crippen molar-refractivity contribution in [1.82, 2.24) is 29.1 Å². The highest BCUT2D eigenvalue weighted by Gasteiger charge is 2.18. The van der Waals surface area contributed by atoms with E-state index < -0.39 is 15.8 Å². The van der Waals surface area contributed by atoms with Crippen LogP contribution in [0.15, 0.2) is 32.3 Å². The quantitative estimate of drug-likeness (QED) is 0.544.